The zero-order chi connectivity index (χ0) is 26.3. The van der Waals surface area contributed by atoms with Gasteiger partial charge in [0.25, 0.3) is 0 Å². The highest BCUT2D eigenvalue weighted by Crippen LogP contribution is 2.71. The van der Waals surface area contributed by atoms with Gasteiger partial charge in [0.1, 0.15) is 17.3 Å². The Morgan fingerprint density at radius 3 is 2.31 bits per heavy atom. The lowest BCUT2D eigenvalue weighted by atomic mass is 9.42. The lowest BCUT2D eigenvalue weighted by Gasteiger charge is -2.63. The highest BCUT2D eigenvalue weighted by atomic mass is 16.6. The van der Waals surface area contributed by atoms with Crippen molar-refractivity contribution in [2.24, 2.45) is 39.9 Å². The normalized spacial score (nSPS) is 61.9. The number of ketones is 1. The number of aliphatic hydroxyl groups is 5. The van der Waals surface area contributed by atoms with E-state index in [1.165, 1.54) is 13.0 Å². The minimum absolute atomic E-state index is 0.162. The molecule has 0 spiro atoms. The molecular formula is C28H40O8. The minimum Gasteiger partial charge on any atom is -0.460 e. The molecule has 200 valence electrons. The second-order valence-electron chi connectivity index (χ2n) is 13.9. The van der Waals surface area contributed by atoms with E-state index in [-0.39, 0.29) is 30.0 Å². The molecular weight excluding hydrogens is 464 g/mol. The molecule has 1 unspecified atom stereocenters. The van der Waals surface area contributed by atoms with Gasteiger partial charge >= 0.3 is 5.97 Å². The number of hydrogen-bond acceptors (Lipinski definition) is 8. The van der Waals surface area contributed by atoms with Gasteiger partial charge in [0, 0.05) is 16.7 Å². The van der Waals surface area contributed by atoms with Crippen LogP contribution in [0.4, 0.5) is 0 Å². The van der Waals surface area contributed by atoms with Crippen molar-refractivity contribution < 1.29 is 39.9 Å². The maximum absolute atomic E-state index is 13.3. The molecule has 5 N–H and O–H groups in total. The molecule has 6 aliphatic rings. The smallest absolute Gasteiger partial charge is 0.338 e. The average Bonchev–Trinajstić information content (AvgIpc) is 3.22. The molecule has 0 amide bonds. The molecule has 0 aromatic rings. The summed E-state index contributed by atoms with van der Waals surface area (Å²) in [7, 11) is 0. The van der Waals surface area contributed by atoms with E-state index >= 15 is 0 Å². The molecule has 5 aliphatic carbocycles. The fourth-order valence-corrected chi connectivity index (χ4v) is 10.2. The Kier molecular flexibility index (Phi) is 4.86. The van der Waals surface area contributed by atoms with Crippen LogP contribution in [0, 0.1) is 39.9 Å². The summed E-state index contributed by atoms with van der Waals surface area (Å²) in [6, 6.07) is 0. The molecule has 0 aromatic carbocycles. The van der Waals surface area contributed by atoms with E-state index in [9.17, 15) is 35.1 Å². The number of rotatable bonds is 1. The van der Waals surface area contributed by atoms with Gasteiger partial charge in [0.05, 0.1) is 17.6 Å². The van der Waals surface area contributed by atoms with Crippen LogP contribution in [0.3, 0.4) is 0 Å². The maximum atomic E-state index is 13.3. The first-order valence-corrected chi connectivity index (χ1v) is 13.5. The Morgan fingerprint density at radius 2 is 1.61 bits per heavy atom. The molecule has 8 heteroatoms. The average molecular weight is 505 g/mol. The second-order valence-corrected chi connectivity index (χ2v) is 13.9. The van der Waals surface area contributed by atoms with Gasteiger partial charge in [-0.05, 0) is 82.6 Å². The van der Waals surface area contributed by atoms with E-state index in [4.69, 9.17) is 4.74 Å². The number of esters is 1. The van der Waals surface area contributed by atoms with E-state index in [2.05, 4.69) is 0 Å². The quantitative estimate of drug-likeness (QED) is 0.336. The molecule has 0 aromatic heterocycles. The first-order chi connectivity index (χ1) is 16.6. The van der Waals surface area contributed by atoms with Gasteiger partial charge in [-0.25, -0.2) is 4.79 Å². The molecule has 2 bridgehead atoms. The third-order valence-electron chi connectivity index (χ3n) is 12.8. The third kappa shape index (κ3) is 2.49. The van der Waals surface area contributed by atoms with Crippen LogP contribution in [0.15, 0.2) is 12.2 Å². The first kappa shape index (κ1) is 25.0. The predicted molar refractivity (Wildman–Crippen MR) is 127 cm³/mol. The standard InChI is InChI=1S/C28H40O8/c1-23-12-17(18(13-23)36-22(32)26(23,4)33)28(35)21(31)11-16-14-10-20(30)27(34)8-5-6-19(29)25(27,3)15(14)7-9-24(16,28)2/h5-6,14-18,20-21,30-31,33-35H,7-13H2,1-4H3/t14-,15+,16+,17+,18-,20+,21-,23?,24+,25+,26+,27-,28-/m1/s1. The van der Waals surface area contributed by atoms with Crippen LogP contribution in [-0.4, -0.2) is 72.4 Å². The Bertz CT molecular complexity index is 1050. The maximum Gasteiger partial charge on any atom is 0.338 e. The highest BCUT2D eigenvalue weighted by molar-refractivity contribution is 5.97. The number of ether oxygens (including phenoxy) is 1. The lowest BCUT2D eigenvalue weighted by molar-refractivity contribution is -0.245. The summed E-state index contributed by atoms with van der Waals surface area (Å²) >= 11 is 0. The van der Waals surface area contributed by atoms with Crippen LogP contribution in [0.1, 0.15) is 72.6 Å². The summed E-state index contributed by atoms with van der Waals surface area (Å²) < 4.78 is 5.67. The van der Waals surface area contributed by atoms with E-state index < -0.39 is 63.2 Å². The van der Waals surface area contributed by atoms with Crippen LogP contribution in [-0.2, 0) is 14.3 Å². The van der Waals surface area contributed by atoms with Crippen molar-refractivity contribution in [2.45, 2.75) is 108 Å². The monoisotopic (exact) mass is 504 g/mol. The Morgan fingerprint density at radius 1 is 0.917 bits per heavy atom. The third-order valence-corrected chi connectivity index (χ3v) is 12.8. The van der Waals surface area contributed by atoms with Crippen molar-refractivity contribution in [1.29, 1.82) is 0 Å². The summed E-state index contributed by atoms with van der Waals surface area (Å²) in [5, 5.41) is 57.7. The van der Waals surface area contributed by atoms with Crippen LogP contribution in [0.2, 0.25) is 0 Å². The fourth-order valence-electron chi connectivity index (χ4n) is 10.2. The zero-order valence-electron chi connectivity index (χ0n) is 21.6. The molecule has 6 rings (SSSR count). The molecule has 1 aliphatic heterocycles. The Labute approximate surface area is 211 Å². The van der Waals surface area contributed by atoms with Gasteiger partial charge in [-0.2, -0.15) is 0 Å². The molecule has 1 saturated heterocycles. The molecule has 8 nitrogen and oxygen atoms in total. The first-order valence-electron chi connectivity index (χ1n) is 13.5. The van der Waals surface area contributed by atoms with E-state index in [0.29, 0.717) is 38.5 Å². The number of carbonyl (C=O) groups is 2. The van der Waals surface area contributed by atoms with Crippen LogP contribution >= 0.6 is 0 Å². The summed E-state index contributed by atoms with van der Waals surface area (Å²) in [6.07, 6.45) is 3.13. The Balaban J connectivity index is 1.39. The summed E-state index contributed by atoms with van der Waals surface area (Å²) in [5.74, 6) is -1.93. The lowest BCUT2D eigenvalue weighted by Crippen LogP contribution is -2.70. The predicted octanol–water partition coefficient (Wildman–Crippen LogP) is 1.25. The van der Waals surface area contributed by atoms with Gasteiger partial charge in [0.2, 0.25) is 0 Å². The van der Waals surface area contributed by atoms with Crippen molar-refractivity contribution in [2.75, 3.05) is 0 Å². The van der Waals surface area contributed by atoms with Gasteiger partial charge in [-0.1, -0.05) is 19.9 Å². The SMILES string of the molecule is CC12C[C@@H](OC(=O)[C@]1(C)O)[C@@H]([C@@]1(O)[C@H](O)C[C@H]3[C@@H]4C[C@H](O)[C@]5(O)CC=CC(=O)[C@]5(C)[C@H]4CC[C@@]31C)C2. The van der Waals surface area contributed by atoms with Crippen LogP contribution in [0.25, 0.3) is 0 Å². The van der Waals surface area contributed by atoms with E-state index in [1.807, 2.05) is 13.8 Å². The number of fused-ring (bicyclic) bond motifs is 7. The Hall–Kier alpha value is -1.32. The number of hydrogen-bond donors (Lipinski definition) is 5. The second kappa shape index (κ2) is 7.00. The summed E-state index contributed by atoms with van der Waals surface area (Å²) in [5.41, 5.74) is -7.41. The number of allylic oxidation sites excluding steroid dienone is 1. The molecule has 0 radical (unpaired) electrons. The van der Waals surface area contributed by atoms with E-state index in [0.717, 1.165) is 0 Å². The van der Waals surface area contributed by atoms with Gasteiger partial charge in [0.15, 0.2) is 11.4 Å². The largest absolute Gasteiger partial charge is 0.460 e. The number of carbonyl (C=O) groups excluding carboxylic acids is 2. The van der Waals surface area contributed by atoms with Gasteiger partial charge < -0.3 is 30.3 Å². The molecule has 1 heterocycles. The minimum atomic E-state index is -1.67. The van der Waals surface area contributed by atoms with Crippen LogP contribution < -0.4 is 0 Å². The van der Waals surface area contributed by atoms with Crippen molar-refractivity contribution >= 4 is 11.8 Å². The van der Waals surface area contributed by atoms with Gasteiger partial charge in [-0.3, -0.25) is 4.79 Å². The molecule has 36 heavy (non-hydrogen) atoms. The van der Waals surface area contributed by atoms with Gasteiger partial charge in [-0.15, -0.1) is 0 Å². The number of aliphatic hydroxyl groups excluding tert-OH is 2. The zero-order valence-corrected chi connectivity index (χ0v) is 21.6. The molecule has 5 fully saturated rings. The topological polar surface area (TPSA) is 145 Å². The fraction of sp³-hybridized carbons (Fsp3) is 0.857. The molecule has 4 saturated carbocycles. The molecule has 13 atom stereocenters. The van der Waals surface area contributed by atoms with Crippen molar-refractivity contribution in [3.63, 3.8) is 0 Å². The van der Waals surface area contributed by atoms with Crippen molar-refractivity contribution in [1.82, 2.24) is 0 Å². The van der Waals surface area contributed by atoms with Crippen LogP contribution in [0.5, 0.6) is 0 Å². The van der Waals surface area contributed by atoms with E-state index in [1.54, 1.807) is 13.0 Å². The van der Waals surface area contributed by atoms with Crippen molar-refractivity contribution in [3.8, 4) is 0 Å². The summed E-state index contributed by atoms with van der Waals surface area (Å²) in [4.78, 5) is 25.9. The highest BCUT2D eigenvalue weighted by Gasteiger charge is 2.76. The summed E-state index contributed by atoms with van der Waals surface area (Å²) in [6.45, 7) is 7.09. The van der Waals surface area contributed by atoms with Crippen molar-refractivity contribution in [3.05, 3.63) is 12.2 Å².